The van der Waals surface area contributed by atoms with Gasteiger partial charge in [-0.25, -0.2) is 4.98 Å². The lowest BCUT2D eigenvalue weighted by atomic mass is 10.1. The van der Waals surface area contributed by atoms with E-state index in [0.29, 0.717) is 0 Å². The van der Waals surface area contributed by atoms with Crippen LogP contribution in [0, 0.1) is 0 Å². The van der Waals surface area contributed by atoms with E-state index in [1.54, 1.807) is 6.20 Å². The average Bonchev–Trinajstić information content (AvgIpc) is 2.55. The van der Waals surface area contributed by atoms with Crippen LogP contribution in [0.3, 0.4) is 0 Å². The van der Waals surface area contributed by atoms with Gasteiger partial charge in [0.05, 0.1) is 0 Å². The molecular formula is C16H27Cl2N5O. The molecule has 1 aromatic rings. The van der Waals surface area contributed by atoms with E-state index >= 15 is 0 Å². The Morgan fingerprint density at radius 3 is 2.58 bits per heavy atom. The standard InChI is InChI=1S/C16H25N5O.2ClH/c1-13-12-17-5-6-21(13)16(22)14-3-4-18-15(11-14)20-9-7-19(2)8-10-20;;/h3-4,11,13,17H,5-10,12H2,1-2H3;2*1H/t13-;;/m1../s1. The van der Waals surface area contributed by atoms with Crippen LogP contribution in [-0.2, 0) is 0 Å². The van der Waals surface area contributed by atoms with Crippen molar-refractivity contribution in [2.75, 3.05) is 57.8 Å². The molecule has 8 heteroatoms. The molecule has 136 valence electrons. The quantitative estimate of drug-likeness (QED) is 0.838. The maximum atomic E-state index is 12.7. The number of hydrogen-bond donors (Lipinski definition) is 1. The van der Waals surface area contributed by atoms with Crippen molar-refractivity contribution in [3.63, 3.8) is 0 Å². The number of hydrogen-bond acceptors (Lipinski definition) is 5. The van der Waals surface area contributed by atoms with E-state index in [9.17, 15) is 4.79 Å². The molecule has 0 unspecified atom stereocenters. The first-order valence-corrected chi connectivity index (χ1v) is 8.06. The fourth-order valence-corrected chi connectivity index (χ4v) is 3.07. The first-order valence-electron chi connectivity index (χ1n) is 8.06. The lowest BCUT2D eigenvalue weighted by molar-refractivity contribution is 0.0655. The number of rotatable bonds is 2. The summed E-state index contributed by atoms with van der Waals surface area (Å²) < 4.78 is 0. The number of carbonyl (C=O) groups excluding carboxylic acids is 1. The first kappa shape index (κ1) is 21.0. The van der Waals surface area contributed by atoms with Crippen LogP contribution in [0.2, 0.25) is 0 Å². The summed E-state index contributed by atoms with van der Waals surface area (Å²) in [5, 5.41) is 3.32. The highest BCUT2D eigenvalue weighted by atomic mass is 35.5. The topological polar surface area (TPSA) is 51.7 Å². The van der Waals surface area contributed by atoms with Crippen LogP contribution < -0.4 is 10.2 Å². The van der Waals surface area contributed by atoms with Gasteiger partial charge < -0.3 is 20.0 Å². The van der Waals surface area contributed by atoms with Crippen molar-refractivity contribution in [1.29, 1.82) is 0 Å². The second-order valence-corrected chi connectivity index (χ2v) is 6.24. The fraction of sp³-hybridized carbons (Fsp3) is 0.625. The minimum atomic E-state index is 0. The third-order valence-corrected chi connectivity index (χ3v) is 4.58. The van der Waals surface area contributed by atoms with E-state index in [1.807, 2.05) is 17.0 Å². The zero-order valence-corrected chi connectivity index (χ0v) is 15.9. The largest absolute Gasteiger partial charge is 0.354 e. The number of piperazine rings is 2. The number of anilines is 1. The second-order valence-electron chi connectivity index (χ2n) is 6.24. The van der Waals surface area contributed by atoms with Crippen molar-refractivity contribution in [2.45, 2.75) is 13.0 Å². The molecule has 1 aromatic heterocycles. The minimum absolute atomic E-state index is 0. The molecule has 24 heavy (non-hydrogen) atoms. The molecule has 2 aliphatic rings. The smallest absolute Gasteiger partial charge is 0.254 e. The number of halogens is 2. The summed E-state index contributed by atoms with van der Waals surface area (Å²) in [4.78, 5) is 23.7. The number of nitrogens with zero attached hydrogens (tertiary/aromatic N) is 4. The molecule has 0 bridgehead atoms. The van der Waals surface area contributed by atoms with Crippen molar-refractivity contribution in [3.8, 4) is 0 Å². The summed E-state index contributed by atoms with van der Waals surface area (Å²) in [5.74, 6) is 1.04. The number of carbonyl (C=O) groups is 1. The Morgan fingerprint density at radius 2 is 1.92 bits per heavy atom. The SMILES string of the molecule is C[C@@H]1CNCCN1C(=O)c1ccnc(N2CCN(C)CC2)c1.Cl.Cl. The van der Waals surface area contributed by atoms with Gasteiger partial charge in [-0.1, -0.05) is 0 Å². The van der Waals surface area contributed by atoms with Gasteiger partial charge in [0.15, 0.2) is 0 Å². The van der Waals surface area contributed by atoms with Crippen LogP contribution in [0.5, 0.6) is 0 Å². The maximum absolute atomic E-state index is 12.7. The van der Waals surface area contributed by atoms with Gasteiger partial charge >= 0.3 is 0 Å². The van der Waals surface area contributed by atoms with E-state index in [1.165, 1.54) is 0 Å². The van der Waals surface area contributed by atoms with E-state index in [0.717, 1.165) is 57.2 Å². The highest BCUT2D eigenvalue weighted by Crippen LogP contribution is 2.17. The summed E-state index contributed by atoms with van der Waals surface area (Å²) in [6.45, 7) is 8.59. The highest BCUT2D eigenvalue weighted by Gasteiger charge is 2.25. The molecule has 2 fully saturated rings. The van der Waals surface area contributed by atoms with E-state index < -0.39 is 0 Å². The molecule has 2 saturated heterocycles. The molecule has 6 nitrogen and oxygen atoms in total. The zero-order chi connectivity index (χ0) is 15.5. The molecule has 0 spiro atoms. The van der Waals surface area contributed by atoms with Gasteiger partial charge in [0, 0.05) is 63.6 Å². The Hall–Kier alpha value is -1.08. The van der Waals surface area contributed by atoms with Crippen molar-refractivity contribution in [3.05, 3.63) is 23.9 Å². The molecule has 3 heterocycles. The predicted octanol–water partition coefficient (Wildman–Crippen LogP) is 1.11. The normalized spacial score (nSPS) is 21.7. The summed E-state index contributed by atoms with van der Waals surface area (Å²) in [6, 6.07) is 4.01. The van der Waals surface area contributed by atoms with Gasteiger partial charge in [-0.05, 0) is 26.1 Å². The third kappa shape index (κ3) is 4.72. The molecule has 0 aromatic carbocycles. The van der Waals surface area contributed by atoms with Gasteiger partial charge in [-0.2, -0.15) is 0 Å². The molecule has 0 radical (unpaired) electrons. The zero-order valence-electron chi connectivity index (χ0n) is 14.3. The lowest BCUT2D eigenvalue weighted by Gasteiger charge is -2.35. The number of likely N-dealkylation sites (N-methyl/N-ethyl adjacent to an activating group) is 1. The van der Waals surface area contributed by atoms with E-state index in [2.05, 4.69) is 34.1 Å². The third-order valence-electron chi connectivity index (χ3n) is 4.58. The Balaban J connectivity index is 0.00000144. The first-order chi connectivity index (χ1) is 10.6. The Bertz CT molecular complexity index is 537. The summed E-state index contributed by atoms with van der Waals surface area (Å²) in [5.41, 5.74) is 0.748. The number of nitrogens with one attached hydrogen (secondary N) is 1. The average molecular weight is 376 g/mol. The Kier molecular flexibility index (Phi) is 8.22. The molecule has 1 amide bonds. The Morgan fingerprint density at radius 1 is 1.21 bits per heavy atom. The summed E-state index contributed by atoms with van der Waals surface area (Å²) in [7, 11) is 2.14. The molecule has 0 saturated carbocycles. The van der Waals surface area contributed by atoms with Crippen LogP contribution in [0.15, 0.2) is 18.3 Å². The van der Waals surface area contributed by atoms with Crippen LogP contribution in [-0.4, -0.2) is 79.6 Å². The molecule has 0 aliphatic carbocycles. The van der Waals surface area contributed by atoms with E-state index in [4.69, 9.17) is 0 Å². The van der Waals surface area contributed by atoms with Crippen LogP contribution >= 0.6 is 24.8 Å². The number of aromatic nitrogens is 1. The van der Waals surface area contributed by atoms with Crippen LogP contribution in [0.25, 0.3) is 0 Å². The maximum Gasteiger partial charge on any atom is 0.254 e. The van der Waals surface area contributed by atoms with Gasteiger partial charge in [0.2, 0.25) is 0 Å². The lowest BCUT2D eigenvalue weighted by Crippen LogP contribution is -2.52. The molecular weight excluding hydrogens is 349 g/mol. The molecule has 3 rings (SSSR count). The molecule has 1 N–H and O–H groups in total. The van der Waals surface area contributed by atoms with Gasteiger partial charge in [-0.15, -0.1) is 24.8 Å². The highest BCUT2D eigenvalue weighted by molar-refractivity contribution is 5.95. The van der Waals surface area contributed by atoms with Crippen molar-refractivity contribution in [2.24, 2.45) is 0 Å². The monoisotopic (exact) mass is 375 g/mol. The van der Waals surface area contributed by atoms with E-state index in [-0.39, 0.29) is 36.8 Å². The predicted molar refractivity (Wildman–Crippen MR) is 102 cm³/mol. The van der Waals surface area contributed by atoms with Gasteiger partial charge in [0.25, 0.3) is 5.91 Å². The van der Waals surface area contributed by atoms with Crippen LogP contribution in [0.4, 0.5) is 5.82 Å². The number of amides is 1. The summed E-state index contributed by atoms with van der Waals surface area (Å²) >= 11 is 0. The number of pyridine rings is 1. The van der Waals surface area contributed by atoms with Crippen molar-refractivity contribution < 1.29 is 4.79 Å². The van der Waals surface area contributed by atoms with Gasteiger partial charge in [-0.3, -0.25) is 4.79 Å². The van der Waals surface area contributed by atoms with Crippen molar-refractivity contribution in [1.82, 2.24) is 20.1 Å². The minimum Gasteiger partial charge on any atom is -0.354 e. The summed E-state index contributed by atoms with van der Waals surface area (Å²) in [6.07, 6.45) is 1.76. The second kappa shape index (κ2) is 9.42. The molecule has 1 atom stereocenters. The van der Waals surface area contributed by atoms with Crippen LogP contribution in [0.1, 0.15) is 17.3 Å². The fourth-order valence-electron chi connectivity index (χ4n) is 3.07. The van der Waals surface area contributed by atoms with Crippen molar-refractivity contribution >= 4 is 36.5 Å². The van der Waals surface area contributed by atoms with Gasteiger partial charge in [0.1, 0.15) is 5.82 Å². The molecule has 2 aliphatic heterocycles. The Labute approximate surface area is 156 Å².